The predicted molar refractivity (Wildman–Crippen MR) is 157 cm³/mol. The Balaban J connectivity index is 3.55. The van der Waals surface area contributed by atoms with Gasteiger partial charge in [0, 0.05) is 6.42 Å². The molecule has 5 nitrogen and oxygen atoms in total. The third-order valence-corrected chi connectivity index (χ3v) is 7.33. The van der Waals surface area contributed by atoms with Gasteiger partial charge in [-0.15, -0.1) is 0 Å². The maximum Gasteiger partial charge on any atom is 0.307 e. The first-order valence-corrected chi connectivity index (χ1v) is 15.9. The van der Waals surface area contributed by atoms with Gasteiger partial charge in [-0.25, -0.2) is 0 Å². The first kappa shape index (κ1) is 35.9. The van der Waals surface area contributed by atoms with Crippen molar-refractivity contribution in [2.24, 2.45) is 5.92 Å². The quantitative estimate of drug-likeness (QED) is 0.0659. The number of carbonyl (C=O) groups is 2. The average molecular weight is 527 g/mol. The third kappa shape index (κ3) is 27.7. The van der Waals surface area contributed by atoms with Crippen LogP contribution in [-0.2, 0) is 14.3 Å². The summed E-state index contributed by atoms with van der Waals surface area (Å²) in [5, 5.41) is 9.08. The fourth-order valence-electron chi connectivity index (χ4n) is 5.14. The number of carboxylic acid groups (broad SMARTS) is 1. The summed E-state index contributed by atoms with van der Waals surface area (Å²) in [6.07, 6.45) is 26.5. The normalized spacial score (nSPS) is 13.4. The highest BCUT2D eigenvalue weighted by molar-refractivity contribution is 5.71. The maximum absolute atomic E-state index is 12.2. The number of ether oxygens (including phenoxy) is 1. The predicted octanol–water partition coefficient (Wildman–Crippen LogP) is 8.93. The van der Waals surface area contributed by atoms with Gasteiger partial charge in [0.1, 0.15) is 6.54 Å². The van der Waals surface area contributed by atoms with E-state index >= 15 is 0 Å². The van der Waals surface area contributed by atoms with E-state index in [0.717, 1.165) is 25.2 Å². The zero-order valence-corrected chi connectivity index (χ0v) is 25.5. The van der Waals surface area contributed by atoms with Gasteiger partial charge in [-0.3, -0.25) is 9.59 Å². The van der Waals surface area contributed by atoms with Crippen LogP contribution >= 0.6 is 0 Å². The van der Waals surface area contributed by atoms with Gasteiger partial charge >= 0.3 is 11.9 Å². The van der Waals surface area contributed by atoms with Gasteiger partial charge in [-0.05, 0) is 12.3 Å². The zero-order valence-electron chi connectivity index (χ0n) is 25.5. The third-order valence-electron chi connectivity index (χ3n) is 7.33. The molecule has 0 fully saturated rings. The second-order valence-electron chi connectivity index (χ2n) is 12.6. The molecule has 0 aliphatic carbocycles. The van der Waals surface area contributed by atoms with Gasteiger partial charge in [0.2, 0.25) is 0 Å². The lowest BCUT2D eigenvalue weighted by Crippen LogP contribution is -2.43. The minimum Gasteiger partial charge on any atom is -0.481 e. The number of hydrogen-bond acceptors (Lipinski definition) is 3. The SMILES string of the molecule is CCCCCCCCCCCCCCCCCC(C)CCCCCC(=O)OC(CC(=O)O)C[N+](C)(C)C. The number of rotatable bonds is 27. The van der Waals surface area contributed by atoms with Crippen molar-refractivity contribution in [2.75, 3.05) is 27.7 Å². The second-order valence-corrected chi connectivity index (χ2v) is 12.6. The maximum atomic E-state index is 12.2. The summed E-state index contributed by atoms with van der Waals surface area (Å²) < 4.78 is 6.04. The number of nitrogens with zero attached hydrogens (tertiary/aromatic N) is 1. The molecule has 0 rings (SSSR count). The summed E-state index contributed by atoms with van der Waals surface area (Å²) in [6.45, 7) is 5.15. The molecule has 0 aromatic heterocycles. The summed E-state index contributed by atoms with van der Waals surface area (Å²) in [6, 6.07) is 0. The molecule has 1 N–H and O–H groups in total. The van der Waals surface area contributed by atoms with Crippen molar-refractivity contribution in [3.05, 3.63) is 0 Å². The number of hydrogen-bond donors (Lipinski definition) is 1. The smallest absolute Gasteiger partial charge is 0.307 e. The molecule has 0 amide bonds. The van der Waals surface area contributed by atoms with E-state index in [1.165, 1.54) is 109 Å². The van der Waals surface area contributed by atoms with Crippen LogP contribution in [0.15, 0.2) is 0 Å². The van der Waals surface area contributed by atoms with Crippen LogP contribution in [0.5, 0.6) is 0 Å². The molecule has 0 aliphatic heterocycles. The highest BCUT2D eigenvalue weighted by Crippen LogP contribution is 2.19. The van der Waals surface area contributed by atoms with Crippen LogP contribution in [-0.4, -0.2) is 55.3 Å². The molecular weight excluding hydrogens is 462 g/mol. The zero-order chi connectivity index (χ0) is 27.8. The molecule has 0 heterocycles. The second kappa shape index (κ2) is 24.0. The Bertz CT molecular complexity index is 543. The number of unbranched alkanes of at least 4 members (excludes halogenated alkanes) is 16. The number of carboxylic acids is 1. The molecule has 0 spiro atoms. The van der Waals surface area contributed by atoms with E-state index in [2.05, 4.69) is 13.8 Å². The fraction of sp³-hybridized carbons (Fsp3) is 0.938. The molecule has 2 unspecified atom stereocenters. The number of aliphatic carboxylic acids is 1. The Kier molecular flexibility index (Phi) is 23.3. The molecule has 0 aliphatic rings. The lowest BCUT2D eigenvalue weighted by Gasteiger charge is -2.28. The molecule has 2 atom stereocenters. The number of esters is 1. The summed E-state index contributed by atoms with van der Waals surface area (Å²) in [5.74, 6) is -0.418. The van der Waals surface area contributed by atoms with Crippen molar-refractivity contribution in [3.63, 3.8) is 0 Å². The Hall–Kier alpha value is -1.10. The van der Waals surface area contributed by atoms with Crippen LogP contribution in [0.25, 0.3) is 0 Å². The van der Waals surface area contributed by atoms with E-state index in [1.54, 1.807) is 0 Å². The van der Waals surface area contributed by atoms with E-state index < -0.39 is 12.1 Å². The van der Waals surface area contributed by atoms with Crippen molar-refractivity contribution < 1.29 is 23.9 Å². The molecule has 37 heavy (non-hydrogen) atoms. The lowest BCUT2D eigenvalue weighted by atomic mass is 9.96. The van der Waals surface area contributed by atoms with Crippen molar-refractivity contribution in [3.8, 4) is 0 Å². The highest BCUT2D eigenvalue weighted by Gasteiger charge is 2.24. The topological polar surface area (TPSA) is 63.6 Å². The molecule has 0 aromatic rings. The first-order valence-electron chi connectivity index (χ1n) is 15.9. The summed E-state index contributed by atoms with van der Waals surface area (Å²) in [4.78, 5) is 23.2. The van der Waals surface area contributed by atoms with Crippen molar-refractivity contribution in [1.29, 1.82) is 0 Å². The van der Waals surface area contributed by atoms with Gasteiger partial charge in [0.25, 0.3) is 0 Å². The molecular formula is C32H64NO4+. The Morgan fingerprint density at radius 1 is 0.676 bits per heavy atom. The van der Waals surface area contributed by atoms with Crippen LogP contribution in [0.1, 0.15) is 155 Å². The molecule has 0 radical (unpaired) electrons. The van der Waals surface area contributed by atoms with Gasteiger partial charge in [-0.2, -0.15) is 0 Å². The van der Waals surface area contributed by atoms with Gasteiger partial charge in [-0.1, -0.05) is 136 Å². The molecule has 0 bridgehead atoms. The van der Waals surface area contributed by atoms with Crippen molar-refractivity contribution in [2.45, 2.75) is 161 Å². The van der Waals surface area contributed by atoms with E-state index in [0.29, 0.717) is 17.4 Å². The fourth-order valence-corrected chi connectivity index (χ4v) is 5.14. The number of carbonyl (C=O) groups excluding carboxylic acids is 1. The Morgan fingerprint density at radius 3 is 1.49 bits per heavy atom. The molecule has 5 heteroatoms. The van der Waals surface area contributed by atoms with Crippen molar-refractivity contribution >= 4 is 11.9 Å². The minimum absolute atomic E-state index is 0.127. The Labute approximate surface area is 230 Å². The molecule has 0 saturated heterocycles. The van der Waals surface area contributed by atoms with Crippen LogP contribution in [0.2, 0.25) is 0 Å². The molecule has 220 valence electrons. The van der Waals surface area contributed by atoms with E-state index in [-0.39, 0.29) is 12.4 Å². The average Bonchev–Trinajstić information content (AvgIpc) is 2.79. The lowest BCUT2D eigenvalue weighted by molar-refractivity contribution is -0.873. The van der Waals surface area contributed by atoms with E-state index in [4.69, 9.17) is 9.84 Å². The monoisotopic (exact) mass is 526 g/mol. The largest absolute Gasteiger partial charge is 0.481 e. The number of likely N-dealkylation sites (N-methyl/N-ethyl adjacent to an activating group) is 1. The van der Waals surface area contributed by atoms with Crippen LogP contribution < -0.4 is 0 Å². The highest BCUT2D eigenvalue weighted by atomic mass is 16.5. The molecule has 0 saturated carbocycles. The molecule has 0 aromatic carbocycles. The van der Waals surface area contributed by atoms with E-state index in [9.17, 15) is 9.59 Å². The summed E-state index contributed by atoms with van der Waals surface area (Å²) in [5.41, 5.74) is 0. The van der Waals surface area contributed by atoms with Gasteiger partial charge in [0.15, 0.2) is 6.10 Å². The van der Waals surface area contributed by atoms with Gasteiger partial charge in [0.05, 0.1) is 27.6 Å². The first-order chi connectivity index (χ1) is 17.6. The Morgan fingerprint density at radius 2 is 1.08 bits per heavy atom. The van der Waals surface area contributed by atoms with E-state index in [1.807, 2.05) is 21.1 Å². The van der Waals surface area contributed by atoms with Crippen LogP contribution in [0.4, 0.5) is 0 Å². The number of quaternary nitrogens is 1. The van der Waals surface area contributed by atoms with Gasteiger partial charge < -0.3 is 14.3 Å². The summed E-state index contributed by atoms with van der Waals surface area (Å²) >= 11 is 0. The van der Waals surface area contributed by atoms with Crippen molar-refractivity contribution in [1.82, 2.24) is 0 Å². The standard InChI is InChI=1S/C32H63NO4/c1-6-7-8-9-10-11-12-13-14-15-16-17-18-19-21-24-29(2)25-22-20-23-26-32(36)37-30(27-31(34)35)28-33(3,4)5/h29-30H,6-28H2,1-5H3/p+1. The van der Waals surface area contributed by atoms with Crippen LogP contribution in [0.3, 0.4) is 0 Å². The van der Waals surface area contributed by atoms with Crippen LogP contribution in [0, 0.1) is 5.92 Å². The summed E-state index contributed by atoms with van der Waals surface area (Å²) in [7, 11) is 5.93. The minimum atomic E-state index is -0.922.